The molecule has 0 aliphatic rings. The summed E-state index contributed by atoms with van der Waals surface area (Å²) in [4.78, 5) is 9.08. The second-order valence-corrected chi connectivity index (χ2v) is 5.82. The summed E-state index contributed by atoms with van der Waals surface area (Å²) >= 11 is 9.29. The van der Waals surface area contributed by atoms with Crippen molar-refractivity contribution < 1.29 is 0 Å². The van der Waals surface area contributed by atoms with Crippen LogP contribution < -0.4 is 0 Å². The number of halogens is 2. The molecule has 3 aromatic rings. The zero-order valence-corrected chi connectivity index (χ0v) is 13.3. The molecule has 0 fully saturated rings. The molecule has 0 N–H and O–H groups in total. The van der Waals surface area contributed by atoms with Gasteiger partial charge in [0.15, 0.2) is 5.65 Å². The van der Waals surface area contributed by atoms with E-state index in [1.54, 1.807) is 10.9 Å². The van der Waals surface area contributed by atoms with Crippen LogP contribution in [0.2, 0.25) is 0 Å². The molecule has 3 rings (SSSR count). The van der Waals surface area contributed by atoms with E-state index in [2.05, 4.69) is 35.6 Å². The van der Waals surface area contributed by atoms with E-state index < -0.39 is 0 Å². The first kappa shape index (κ1) is 13.6. The Morgan fingerprint density at radius 1 is 1.40 bits per heavy atom. The van der Waals surface area contributed by atoms with Gasteiger partial charge in [0.05, 0.1) is 12.2 Å². The molecule has 3 heterocycles. The summed E-state index contributed by atoms with van der Waals surface area (Å²) in [6.45, 7) is 0.651. The van der Waals surface area contributed by atoms with Crippen LogP contribution in [0.3, 0.4) is 0 Å². The van der Waals surface area contributed by atoms with Crippen molar-refractivity contribution in [2.75, 3.05) is 5.88 Å². The molecular formula is C13H13BrClN5. The molecule has 0 aromatic carbocycles. The van der Waals surface area contributed by atoms with Gasteiger partial charge in [-0.3, -0.25) is 4.68 Å². The molecule has 0 atom stereocenters. The van der Waals surface area contributed by atoms with Crippen LogP contribution in [0.25, 0.3) is 11.2 Å². The van der Waals surface area contributed by atoms with E-state index >= 15 is 0 Å². The molecule has 5 nitrogen and oxygen atoms in total. The molecular weight excluding hydrogens is 342 g/mol. The van der Waals surface area contributed by atoms with Gasteiger partial charge in [-0.15, -0.1) is 11.6 Å². The minimum absolute atomic E-state index is 0.534. The van der Waals surface area contributed by atoms with Gasteiger partial charge in [-0.05, 0) is 28.1 Å². The molecule has 0 aliphatic carbocycles. The summed E-state index contributed by atoms with van der Waals surface area (Å²) in [5, 5.41) is 4.41. The van der Waals surface area contributed by atoms with Crippen LogP contribution in [-0.4, -0.2) is 30.2 Å². The van der Waals surface area contributed by atoms with E-state index in [9.17, 15) is 0 Å². The van der Waals surface area contributed by atoms with E-state index in [1.165, 1.54) is 0 Å². The third kappa shape index (κ3) is 2.58. The Labute approximate surface area is 129 Å². The standard InChI is InChI=1S/C13H13BrClN5/c1-19-5-3-10(18-19)8-20-12(2-4-15)17-11-6-9(14)7-16-13(11)20/h3,5-7H,2,4,8H2,1H3. The zero-order chi connectivity index (χ0) is 14.1. The average molecular weight is 355 g/mol. The van der Waals surface area contributed by atoms with Gasteiger partial charge in [-0.2, -0.15) is 5.10 Å². The maximum atomic E-state index is 5.87. The van der Waals surface area contributed by atoms with Gasteiger partial charge in [0.1, 0.15) is 11.3 Å². The SMILES string of the molecule is Cn1ccc(Cn2c(CCCl)nc3cc(Br)cnc32)n1. The molecule has 7 heteroatoms. The van der Waals surface area contributed by atoms with Crippen LogP contribution in [-0.2, 0) is 20.0 Å². The number of aryl methyl sites for hydroxylation is 2. The summed E-state index contributed by atoms with van der Waals surface area (Å²) in [6.07, 6.45) is 4.42. The number of pyridine rings is 1. The molecule has 20 heavy (non-hydrogen) atoms. The monoisotopic (exact) mass is 353 g/mol. The molecule has 104 valence electrons. The highest BCUT2D eigenvalue weighted by Crippen LogP contribution is 2.20. The molecule has 0 saturated heterocycles. The maximum absolute atomic E-state index is 5.87. The maximum Gasteiger partial charge on any atom is 0.160 e. The van der Waals surface area contributed by atoms with Gasteiger partial charge in [0.2, 0.25) is 0 Å². The number of hydrogen-bond acceptors (Lipinski definition) is 3. The number of hydrogen-bond donors (Lipinski definition) is 0. The summed E-state index contributed by atoms with van der Waals surface area (Å²) in [5.74, 6) is 1.47. The number of nitrogens with zero attached hydrogens (tertiary/aromatic N) is 5. The van der Waals surface area contributed by atoms with Gasteiger partial charge in [0.25, 0.3) is 0 Å². The molecule has 0 bridgehead atoms. The molecule has 0 radical (unpaired) electrons. The fourth-order valence-corrected chi connectivity index (χ4v) is 2.67. The predicted molar refractivity (Wildman–Crippen MR) is 82.0 cm³/mol. The normalized spacial score (nSPS) is 11.3. The van der Waals surface area contributed by atoms with Gasteiger partial charge >= 0.3 is 0 Å². The Balaban J connectivity index is 2.08. The Morgan fingerprint density at radius 2 is 2.25 bits per heavy atom. The van der Waals surface area contributed by atoms with E-state index in [0.717, 1.165) is 27.2 Å². The minimum atomic E-state index is 0.534. The lowest BCUT2D eigenvalue weighted by Gasteiger charge is -2.05. The van der Waals surface area contributed by atoms with Gasteiger partial charge in [0, 0.05) is 36.2 Å². The summed E-state index contributed by atoms with van der Waals surface area (Å²) in [5.41, 5.74) is 2.71. The van der Waals surface area contributed by atoms with Crippen molar-refractivity contribution in [2.45, 2.75) is 13.0 Å². The molecule has 3 aromatic heterocycles. The van der Waals surface area contributed by atoms with Crippen LogP contribution in [0.15, 0.2) is 29.0 Å². The van der Waals surface area contributed by atoms with Crippen LogP contribution in [0.5, 0.6) is 0 Å². The van der Waals surface area contributed by atoms with Crippen molar-refractivity contribution in [2.24, 2.45) is 7.05 Å². The quantitative estimate of drug-likeness (QED) is 0.677. The summed E-state index contributed by atoms with van der Waals surface area (Å²) < 4.78 is 4.79. The Hall–Kier alpha value is -1.40. The third-order valence-corrected chi connectivity index (χ3v) is 3.66. The fourth-order valence-electron chi connectivity index (χ4n) is 2.18. The fraction of sp³-hybridized carbons (Fsp3) is 0.308. The van der Waals surface area contributed by atoms with Crippen molar-refractivity contribution in [3.63, 3.8) is 0 Å². The summed E-state index contributed by atoms with van der Waals surface area (Å²) in [7, 11) is 1.91. The van der Waals surface area contributed by atoms with Crippen molar-refractivity contribution in [3.8, 4) is 0 Å². The number of aromatic nitrogens is 5. The zero-order valence-electron chi connectivity index (χ0n) is 10.9. The number of alkyl halides is 1. The molecule has 0 spiro atoms. The van der Waals surface area contributed by atoms with Crippen molar-refractivity contribution >= 4 is 38.7 Å². The van der Waals surface area contributed by atoms with E-state index in [0.29, 0.717) is 18.8 Å². The smallest absolute Gasteiger partial charge is 0.160 e. The topological polar surface area (TPSA) is 48.5 Å². The Morgan fingerprint density at radius 3 is 2.95 bits per heavy atom. The highest BCUT2D eigenvalue weighted by atomic mass is 79.9. The second-order valence-electron chi connectivity index (χ2n) is 4.53. The van der Waals surface area contributed by atoms with E-state index in [4.69, 9.17) is 11.6 Å². The van der Waals surface area contributed by atoms with Gasteiger partial charge in [-0.25, -0.2) is 9.97 Å². The van der Waals surface area contributed by atoms with Crippen LogP contribution in [0.4, 0.5) is 0 Å². The molecule has 0 amide bonds. The van der Waals surface area contributed by atoms with Gasteiger partial charge < -0.3 is 4.57 Å². The van der Waals surface area contributed by atoms with E-state index in [1.807, 2.05) is 25.4 Å². The lowest BCUT2D eigenvalue weighted by molar-refractivity contribution is 0.690. The van der Waals surface area contributed by atoms with Crippen molar-refractivity contribution in [1.29, 1.82) is 0 Å². The highest BCUT2D eigenvalue weighted by Gasteiger charge is 2.13. The first-order chi connectivity index (χ1) is 9.67. The Kier molecular flexibility index (Phi) is 3.76. The Bertz CT molecular complexity index is 748. The molecule has 0 aliphatic heterocycles. The lowest BCUT2D eigenvalue weighted by atomic mass is 10.4. The molecule has 0 saturated carbocycles. The van der Waals surface area contributed by atoms with Crippen LogP contribution in [0, 0.1) is 0 Å². The lowest BCUT2D eigenvalue weighted by Crippen LogP contribution is -2.07. The number of rotatable bonds is 4. The van der Waals surface area contributed by atoms with E-state index in [-0.39, 0.29) is 0 Å². The molecule has 0 unspecified atom stereocenters. The number of fused-ring (bicyclic) bond motifs is 1. The minimum Gasteiger partial charge on any atom is -0.307 e. The average Bonchev–Trinajstić information content (AvgIpc) is 2.95. The van der Waals surface area contributed by atoms with Gasteiger partial charge in [-0.1, -0.05) is 0 Å². The first-order valence-electron chi connectivity index (χ1n) is 6.22. The third-order valence-electron chi connectivity index (χ3n) is 3.04. The highest BCUT2D eigenvalue weighted by molar-refractivity contribution is 9.10. The van der Waals surface area contributed by atoms with Crippen molar-refractivity contribution in [1.82, 2.24) is 24.3 Å². The number of imidazole rings is 1. The largest absolute Gasteiger partial charge is 0.307 e. The first-order valence-corrected chi connectivity index (χ1v) is 7.55. The predicted octanol–water partition coefficient (Wildman–Crippen LogP) is 2.76. The van der Waals surface area contributed by atoms with Crippen molar-refractivity contribution in [3.05, 3.63) is 40.5 Å². The van der Waals surface area contributed by atoms with Crippen LogP contribution in [0.1, 0.15) is 11.5 Å². The second kappa shape index (κ2) is 5.54. The van der Waals surface area contributed by atoms with Crippen LogP contribution >= 0.6 is 27.5 Å². The summed E-state index contributed by atoms with van der Waals surface area (Å²) in [6, 6.07) is 3.96.